The summed E-state index contributed by atoms with van der Waals surface area (Å²) in [5.41, 5.74) is 0. The van der Waals surface area contributed by atoms with Crippen LogP contribution in [-0.2, 0) is 9.53 Å². The molecule has 4 heteroatoms. The highest BCUT2D eigenvalue weighted by atomic mass is 35.5. The van der Waals surface area contributed by atoms with E-state index in [4.69, 9.17) is 16.3 Å². The maximum atomic E-state index is 12.6. The fraction of sp³-hybridized carbons (Fsp3) is 0.929. The molecule has 3 nitrogen and oxygen atoms in total. The summed E-state index contributed by atoms with van der Waals surface area (Å²) in [6, 6.07) is 0.425. The molecule has 2 aliphatic rings. The third-order valence-electron chi connectivity index (χ3n) is 4.26. The minimum Gasteiger partial charge on any atom is -0.377 e. The Hall–Kier alpha value is -0.280. The van der Waals surface area contributed by atoms with Crippen LogP contribution in [0.3, 0.4) is 0 Å². The second-order valence-electron chi connectivity index (χ2n) is 5.37. The Bertz CT molecular complexity index is 285. The SMILES string of the molecule is CCC1OCCC1C(=O)N1CCCC1CCCCl. The van der Waals surface area contributed by atoms with Crippen LogP contribution >= 0.6 is 11.6 Å². The lowest BCUT2D eigenvalue weighted by molar-refractivity contribution is -0.138. The fourth-order valence-corrected chi connectivity index (χ4v) is 3.44. The van der Waals surface area contributed by atoms with E-state index in [0.717, 1.165) is 51.7 Å². The smallest absolute Gasteiger partial charge is 0.228 e. The van der Waals surface area contributed by atoms with Crippen molar-refractivity contribution in [3.05, 3.63) is 0 Å². The van der Waals surface area contributed by atoms with Gasteiger partial charge < -0.3 is 9.64 Å². The molecule has 2 rings (SSSR count). The highest BCUT2D eigenvalue weighted by molar-refractivity contribution is 6.17. The van der Waals surface area contributed by atoms with Crippen molar-refractivity contribution < 1.29 is 9.53 Å². The van der Waals surface area contributed by atoms with E-state index in [0.29, 0.717) is 17.8 Å². The molecular weight excluding hydrogens is 250 g/mol. The van der Waals surface area contributed by atoms with Gasteiger partial charge in [-0.3, -0.25) is 4.79 Å². The van der Waals surface area contributed by atoms with Crippen LogP contribution in [0, 0.1) is 5.92 Å². The van der Waals surface area contributed by atoms with Gasteiger partial charge in [0, 0.05) is 25.1 Å². The Balaban J connectivity index is 1.94. The van der Waals surface area contributed by atoms with Gasteiger partial charge >= 0.3 is 0 Å². The maximum absolute atomic E-state index is 12.6. The number of alkyl halides is 1. The summed E-state index contributed by atoms with van der Waals surface area (Å²) in [5, 5.41) is 0. The van der Waals surface area contributed by atoms with Gasteiger partial charge in [-0.15, -0.1) is 11.6 Å². The molecule has 2 saturated heterocycles. The summed E-state index contributed by atoms with van der Waals surface area (Å²) in [6.45, 7) is 3.78. The van der Waals surface area contributed by atoms with Gasteiger partial charge in [-0.2, -0.15) is 0 Å². The predicted octanol–water partition coefficient (Wildman–Crippen LogP) is 2.81. The minimum atomic E-state index is 0.103. The van der Waals surface area contributed by atoms with E-state index < -0.39 is 0 Å². The number of hydrogen-bond donors (Lipinski definition) is 0. The Labute approximate surface area is 115 Å². The molecule has 0 aromatic heterocycles. The maximum Gasteiger partial charge on any atom is 0.228 e. The van der Waals surface area contributed by atoms with Gasteiger partial charge in [0.2, 0.25) is 5.91 Å². The number of amides is 1. The van der Waals surface area contributed by atoms with Gasteiger partial charge in [0.05, 0.1) is 12.0 Å². The van der Waals surface area contributed by atoms with Crippen LogP contribution in [0.5, 0.6) is 0 Å². The lowest BCUT2D eigenvalue weighted by Crippen LogP contribution is -2.42. The molecule has 0 radical (unpaired) electrons. The van der Waals surface area contributed by atoms with E-state index in [-0.39, 0.29) is 12.0 Å². The number of carbonyl (C=O) groups is 1. The summed E-state index contributed by atoms with van der Waals surface area (Å²) in [5.74, 6) is 1.13. The Kier molecular flexibility index (Phi) is 5.31. The molecule has 0 bridgehead atoms. The predicted molar refractivity (Wildman–Crippen MR) is 72.8 cm³/mol. The van der Waals surface area contributed by atoms with Crippen LogP contribution in [-0.4, -0.2) is 42.0 Å². The number of hydrogen-bond acceptors (Lipinski definition) is 2. The third kappa shape index (κ3) is 3.00. The molecule has 0 saturated carbocycles. The van der Waals surface area contributed by atoms with Crippen LogP contribution in [0.25, 0.3) is 0 Å². The van der Waals surface area contributed by atoms with Crippen molar-refractivity contribution in [1.82, 2.24) is 4.90 Å². The summed E-state index contributed by atoms with van der Waals surface area (Å²) in [4.78, 5) is 14.7. The van der Waals surface area contributed by atoms with Gasteiger partial charge in [0.25, 0.3) is 0 Å². The van der Waals surface area contributed by atoms with Crippen molar-refractivity contribution in [2.75, 3.05) is 19.0 Å². The normalized spacial score (nSPS) is 32.1. The first-order chi connectivity index (χ1) is 8.77. The van der Waals surface area contributed by atoms with Crippen molar-refractivity contribution >= 4 is 17.5 Å². The highest BCUT2D eigenvalue weighted by Gasteiger charge is 2.38. The Morgan fingerprint density at radius 3 is 3.00 bits per heavy atom. The molecule has 1 amide bonds. The van der Waals surface area contributed by atoms with Crippen LogP contribution in [0.2, 0.25) is 0 Å². The molecule has 2 heterocycles. The zero-order valence-electron chi connectivity index (χ0n) is 11.2. The summed E-state index contributed by atoms with van der Waals surface area (Å²) < 4.78 is 5.64. The standard InChI is InChI=1S/C14H24ClNO2/c1-2-13-12(7-10-18-13)14(17)16-9-4-6-11(16)5-3-8-15/h11-13H,2-10H2,1H3. The van der Waals surface area contributed by atoms with Crippen molar-refractivity contribution in [2.24, 2.45) is 5.92 Å². The molecule has 3 unspecified atom stereocenters. The molecule has 0 spiro atoms. The Morgan fingerprint density at radius 2 is 2.28 bits per heavy atom. The van der Waals surface area contributed by atoms with Crippen molar-refractivity contribution in [2.45, 2.75) is 57.6 Å². The van der Waals surface area contributed by atoms with E-state index in [1.54, 1.807) is 0 Å². The number of ether oxygens (including phenoxy) is 1. The molecular formula is C14H24ClNO2. The van der Waals surface area contributed by atoms with Gasteiger partial charge in [-0.25, -0.2) is 0 Å². The quantitative estimate of drug-likeness (QED) is 0.721. The van der Waals surface area contributed by atoms with Gasteiger partial charge in [0.1, 0.15) is 0 Å². The van der Waals surface area contributed by atoms with Crippen LogP contribution < -0.4 is 0 Å². The number of likely N-dealkylation sites (tertiary alicyclic amines) is 1. The van der Waals surface area contributed by atoms with E-state index >= 15 is 0 Å². The first-order valence-electron chi connectivity index (χ1n) is 7.26. The van der Waals surface area contributed by atoms with Crippen LogP contribution in [0.15, 0.2) is 0 Å². The van der Waals surface area contributed by atoms with E-state index in [9.17, 15) is 4.79 Å². The Morgan fingerprint density at radius 1 is 1.44 bits per heavy atom. The number of carbonyl (C=O) groups excluding carboxylic acids is 1. The molecule has 18 heavy (non-hydrogen) atoms. The second-order valence-corrected chi connectivity index (χ2v) is 5.75. The van der Waals surface area contributed by atoms with Gasteiger partial charge in [-0.1, -0.05) is 6.92 Å². The average Bonchev–Trinajstić information content (AvgIpc) is 3.03. The monoisotopic (exact) mass is 273 g/mol. The molecule has 0 aromatic rings. The fourth-order valence-electron chi connectivity index (χ4n) is 3.29. The van der Waals surface area contributed by atoms with E-state index in [1.807, 2.05) is 0 Å². The van der Waals surface area contributed by atoms with Crippen molar-refractivity contribution in [3.63, 3.8) is 0 Å². The minimum absolute atomic E-state index is 0.103. The van der Waals surface area contributed by atoms with Crippen LogP contribution in [0.1, 0.15) is 45.4 Å². The first-order valence-corrected chi connectivity index (χ1v) is 7.79. The molecule has 104 valence electrons. The van der Waals surface area contributed by atoms with Gasteiger partial charge in [-0.05, 0) is 38.5 Å². The molecule has 0 aliphatic carbocycles. The number of nitrogens with zero attached hydrogens (tertiary/aromatic N) is 1. The van der Waals surface area contributed by atoms with E-state index in [1.165, 1.54) is 0 Å². The molecule has 0 N–H and O–H groups in total. The summed E-state index contributed by atoms with van der Waals surface area (Å²) in [6.07, 6.45) is 6.34. The topological polar surface area (TPSA) is 29.5 Å². The molecule has 0 aromatic carbocycles. The molecule has 2 fully saturated rings. The number of rotatable bonds is 5. The lowest BCUT2D eigenvalue weighted by Gasteiger charge is -2.29. The zero-order valence-corrected chi connectivity index (χ0v) is 12.0. The average molecular weight is 274 g/mol. The van der Waals surface area contributed by atoms with Crippen molar-refractivity contribution in [3.8, 4) is 0 Å². The zero-order chi connectivity index (χ0) is 13.0. The third-order valence-corrected chi connectivity index (χ3v) is 4.53. The first kappa shape index (κ1) is 14.1. The summed E-state index contributed by atoms with van der Waals surface area (Å²) in [7, 11) is 0. The largest absolute Gasteiger partial charge is 0.377 e. The number of halogens is 1. The van der Waals surface area contributed by atoms with Crippen molar-refractivity contribution in [1.29, 1.82) is 0 Å². The second kappa shape index (κ2) is 6.76. The van der Waals surface area contributed by atoms with E-state index in [2.05, 4.69) is 11.8 Å². The highest BCUT2D eigenvalue weighted by Crippen LogP contribution is 2.30. The van der Waals surface area contributed by atoms with Crippen LogP contribution in [0.4, 0.5) is 0 Å². The molecule has 2 aliphatic heterocycles. The summed E-state index contributed by atoms with van der Waals surface area (Å²) >= 11 is 5.76. The van der Waals surface area contributed by atoms with Gasteiger partial charge in [0.15, 0.2) is 0 Å². The lowest BCUT2D eigenvalue weighted by atomic mass is 9.97. The molecule has 3 atom stereocenters.